The van der Waals surface area contributed by atoms with E-state index in [4.69, 9.17) is 4.74 Å². The van der Waals surface area contributed by atoms with Gasteiger partial charge in [0, 0.05) is 39.3 Å². The van der Waals surface area contributed by atoms with Crippen molar-refractivity contribution >= 4 is 17.9 Å². The minimum atomic E-state index is -0.251. The zero-order chi connectivity index (χ0) is 16.7. The van der Waals surface area contributed by atoms with Crippen LogP contribution in [0.1, 0.15) is 6.92 Å². The fraction of sp³-hybridized carbons (Fsp3) is 0.714. The predicted octanol–water partition coefficient (Wildman–Crippen LogP) is 0.124. The van der Waals surface area contributed by atoms with Gasteiger partial charge in [-0.3, -0.25) is 0 Å². The van der Waals surface area contributed by atoms with E-state index < -0.39 is 0 Å². The minimum absolute atomic E-state index is 0.251. The van der Waals surface area contributed by atoms with Gasteiger partial charge in [0.2, 0.25) is 5.95 Å². The van der Waals surface area contributed by atoms with E-state index in [2.05, 4.69) is 30.3 Å². The Morgan fingerprint density at radius 3 is 2.74 bits per heavy atom. The first-order valence-corrected chi connectivity index (χ1v) is 7.85. The maximum atomic E-state index is 11.7. The molecule has 0 spiro atoms. The van der Waals surface area contributed by atoms with Crippen LogP contribution in [0.4, 0.5) is 16.6 Å². The van der Waals surface area contributed by atoms with Crippen molar-refractivity contribution < 1.29 is 9.53 Å². The molecule has 2 rings (SSSR count). The van der Waals surface area contributed by atoms with Crippen LogP contribution in [0.2, 0.25) is 0 Å². The number of nitrogens with one attached hydrogen (secondary N) is 1. The Morgan fingerprint density at radius 2 is 2.09 bits per heavy atom. The first kappa shape index (κ1) is 17.2. The van der Waals surface area contributed by atoms with Gasteiger partial charge in [-0.1, -0.05) is 0 Å². The van der Waals surface area contributed by atoms with E-state index >= 15 is 0 Å². The molecule has 0 unspecified atom stereocenters. The van der Waals surface area contributed by atoms with E-state index in [1.165, 1.54) is 0 Å². The van der Waals surface area contributed by atoms with Crippen molar-refractivity contribution in [2.45, 2.75) is 6.92 Å². The van der Waals surface area contributed by atoms with Gasteiger partial charge in [0.1, 0.15) is 0 Å². The van der Waals surface area contributed by atoms with Gasteiger partial charge in [-0.05, 0) is 21.0 Å². The Morgan fingerprint density at radius 1 is 1.35 bits per heavy atom. The summed E-state index contributed by atoms with van der Waals surface area (Å²) < 4.78 is 5.02. The number of ether oxygens (including phenoxy) is 1. The Balaban J connectivity index is 1.87. The maximum absolute atomic E-state index is 11.7. The van der Waals surface area contributed by atoms with Crippen molar-refractivity contribution in [1.82, 2.24) is 25.0 Å². The molecule has 1 fully saturated rings. The first-order chi connectivity index (χ1) is 11.1. The molecule has 1 aromatic rings. The van der Waals surface area contributed by atoms with Crippen LogP contribution in [0.5, 0.6) is 0 Å². The van der Waals surface area contributed by atoms with Crippen LogP contribution in [0.15, 0.2) is 6.20 Å². The Hall–Kier alpha value is -2.16. The second-order valence-electron chi connectivity index (χ2n) is 5.54. The molecule has 1 aliphatic rings. The zero-order valence-electron chi connectivity index (χ0n) is 14.0. The van der Waals surface area contributed by atoms with Gasteiger partial charge in [-0.2, -0.15) is 10.1 Å². The van der Waals surface area contributed by atoms with Crippen LogP contribution < -0.4 is 10.2 Å². The normalized spacial score (nSPS) is 15.0. The number of nitrogens with zero attached hydrogens (tertiary/aromatic N) is 6. The lowest BCUT2D eigenvalue weighted by molar-refractivity contribution is 0.105. The van der Waals surface area contributed by atoms with E-state index in [9.17, 15) is 4.79 Å². The van der Waals surface area contributed by atoms with Crippen molar-refractivity contribution in [3.8, 4) is 0 Å². The molecule has 1 amide bonds. The molecule has 128 valence electrons. The number of likely N-dealkylation sites (N-methyl/N-ethyl adjacent to an activating group) is 1. The molecule has 0 aromatic carbocycles. The van der Waals surface area contributed by atoms with Gasteiger partial charge < -0.3 is 24.8 Å². The lowest BCUT2D eigenvalue weighted by Gasteiger charge is -2.34. The van der Waals surface area contributed by atoms with Crippen LogP contribution in [0, 0.1) is 0 Å². The summed E-state index contributed by atoms with van der Waals surface area (Å²) in [6.45, 7) is 6.50. The Bertz CT molecular complexity index is 504. The third-order valence-electron chi connectivity index (χ3n) is 3.52. The lowest BCUT2D eigenvalue weighted by atomic mass is 10.3. The number of aromatic nitrogens is 3. The van der Waals surface area contributed by atoms with Gasteiger partial charge in [0.05, 0.1) is 12.8 Å². The average molecular weight is 323 g/mol. The third kappa shape index (κ3) is 5.20. The summed E-state index contributed by atoms with van der Waals surface area (Å²) in [5, 5.41) is 11.2. The minimum Gasteiger partial charge on any atom is -0.450 e. The van der Waals surface area contributed by atoms with Gasteiger partial charge in [-0.25, -0.2) is 4.79 Å². The molecule has 0 radical (unpaired) electrons. The molecule has 0 bridgehead atoms. The molecule has 0 atom stereocenters. The fourth-order valence-electron chi connectivity index (χ4n) is 2.25. The number of amides is 1. The molecule has 23 heavy (non-hydrogen) atoms. The second-order valence-corrected chi connectivity index (χ2v) is 5.54. The van der Waals surface area contributed by atoms with Gasteiger partial charge in [0.25, 0.3) is 0 Å². The van der Waals surface area contributed by atoms with Crippen LogP contribution >= 0.6 is 0 Å². The molecule has 2 heterocycles. The van der Waals surface area contributed by atoms with E-state index in [1.54, 1.807) is 11.1 Å². The van der Waals surface area contributed by atoms with E-state index in [-0.39, 0.29) is 6.09 Å². The number of hydrogen-bond donors (Lipinski definition) is 1. The molecule has 9 heteroatoms. The zero-order valence-corrected chi connectivity index (χ0v) is 14.0. The quantitative estimate of drug-likeness (QED) is 0.790. The highest BCUT2D eigenvalue weighted by Gasteiger charge is 2.23. The van der Waals surface area contributed by atoms with Crippen molar-refractivity contribution in [2.24, 2.45) is 0 Å². The predicted molar refractivity (Wildman–Crippen MR) is 87.7 cm³/mol. The molecule has 9 nitrogen and oxygen atoms in total. The molecule has 1 N–H and O–H groups in total. The van der Waals surface area contributed by atoms with Crippen molar-refractivity contribution in [3.63, 3.8) is 0 Å². The molecular formula is C14H25N7O2. The summed E-state index contributed by atoms with van der Waals surface area (Å²) in [6.07, 6.45) is 1.40. The van der Waals surface area contributed by atoms with Crippen LogP contribution in [-0.2, 0) is 4.74 Å². The monoisotopic (exact) mass is 323 g/mol. The summed E-state index contributed by atoms with van der Waals surface area (Å²) in [5.74, 6) is 1.30. The number of anilines is 2. The highest BCUT2D eigenvalue weighted by atomic mass is 16.6. The number of piperazine rings is 1. The number of carbonyl (C=O) groups excluding carboxylic acids is 1. The topological polar surface area (TPSA) is 86.7 Å². The maximum Gasteiger partial charge on any atom is 0.409 e. The SMILES string of the molecule is CCOC(=O)N1CCN(c2cnnc(NCCN(C)C)n2)CC1. The fourth-order valence-corrected chi connectivity index (χ4v) is 2.25. The highest BCUT2D eigenvalue weighted by Crippen LogP contribution is 2.14. The summed E-state index contributed by atoms with van der Waals surface area (Å²) in [4.78, 5) is 22.1. The van der Waals surface area contributed by atoms with Gasteiger partial charge >= 0.3 is 6.09 Å². The highest BCUT2D eigenvalue weighted by molar-refractivity contribution is 5.68. The second kappa shape index (κ2) is 8.47. The van der Waals surface area contributed by atoms with Crippen LogP contribution in [0.25, 0.3) is 0 Å². The Labute approximate surface area is 136 Å². The molecule has 1 aromatic heterocycles. The first-order valence-electron chi connectivity index (χ1n) is 7.85. The molecule has 0 saturated carbocycles. The standard InChI is InChI=1S/C14H25N7O2/c1-4-23-14(22)21-9-7-20(8-10-21)12-11-16-18-13(17-12)15-5-6-19(2)3/h11H,4-10H2,1-3H3,(H,15,17,18). The van der Waals surface area contributed by atoms with Crippen LogP contribution in [0.3, 0.4) is 0 Å². The van der Waals surface area contributed by atoms with E-state index in [1.807, 2.05) is 21.0 Å². The smallest absolute Gasteiger partial charge is 0.409 e. The average Bonchev–Trinajstić information content (AvgIpc) is 2.55. The largest absolute Gasteiger partial charge is 0.450 e. The molecular weight excluding hydrogens is 298 g/mol. The van der Waals surface area contributed by atoms with Crippen molar-refractivity contribution in [1.29, 1.82) is 0 Å². The number of carbonyl (C=O) groups is 1. The number of rotatable bonds is 6. The summed E-state index contributed by atoms with van der Waals surface area (Å²) >= 11 is 0. The summed E-state index contributed by atoms with van der Waals surface area (Å²) in [7, 11) is 4.03. The van der Waals surface area contributed by atoms with Crippen molar-refractivity contribution in [2.75, 3.05) is 70.2 Å². The van der Waals surface area contributed by atoms with E-state index in [0.29, 0.717) is 38.7 Å². The third-order valence-corrected chi connectivity index (χ3v) is 3.52. The summed E-state index contributed by atoms with van der Waals surface area (Å²) in [5.41, 5.74) is 0. The lowest BCUT2D eigenvalue weighted by Crippen LogP contribution is -2.49. The number of hydrogen-bond acceptors (Lipinski definition) is 8. The molecule has 0 aliphatic carbocycles. The van der Waals surface area contributed by atoms with E-state index in [0.717, 1.165) is 18.9 Å². The van der Waals surface area contributed by atoms with Gasteiger partial charge in [-0.15, -0.1) is 5.10 Å². The molecule has 1 aliphatic heterocycles. The van der Waals surface area contributed by atoms with Gasteiger partial charge in [0.15, 0.2) is 5.82 Å². The molecule has 1 saturated heterocycles. The van der Waals surface area contributed by atoms with Crippen molar-refractivity contribution in [3.05, 3.63) is 6.20 Å². The summed E-state index contributed by atoms with van der Waals surface area (Å²) in [6, 6.07) is 0. The Kier molecular flexibility index (Phi) is 6.33. The van der Waals surface area contributed by atoms with Crippen LogP contribution in [-0.4, -0.2) is 91.0 Å².